The molecule has 6 nitrogen and oxygen atoms in total. The van der Waals surface area contributed by atoms with Gasteiger partial charge in [0, 0.05) is 29.4 Å². The molecule has 3 rings (SSSR count). The Morgan fingerprint density at radius 1 is 1.33 bits per heavy atom. The van der Waals surface area contributed by atoms with E-state index in [4.69, 9.17) is 16.6 Å². The molecule has 0 radical (unpaired) electrons. The van der Waals surface area contributed by atoms with E-state index >= 15 is 0 Å². The maximum atomic E-state index is 14.9. The molecule has 1 amide bonds. The largest absolute Gasteiger partial charge is 0.465 e. The van der Waals surface area contributed by atoms with E-state index in [1.54, 1.807) is 6.07 Å². The Morgan fingerprint density at radius 2 is 2.07 bits per heavy atom. The van der Waals surface area contributed by atoms with Crippen LogP contribution in [-0.4, -0.2) is 32.7 Å². The second-order valence-corrected chi connectivity index (χ2v) is 8.84. The predicted molar refractivity (Wildman–Crippen MR) is 118 cm³/mol. The zero-order valence-corrected chi connectivity index (χ0v) is 18.3. The highest BCUT2D eigenvalue weighted by atomic mass is 35.5. The van der Waals surface area contributed by atoms with Crippen LogP contribution in [0.15, 0.2) is 43.1 Å². The predicted octanol–water partition coefficient (Wildman–Crippen LogP) is 6.03. The molecule has 0 fully saturated rings. The maximum absolute atomic E-state index is 14.9. The molecule has 0 bridgehead atoms. The van der Waals surface area contributed by atoms with Crippen molar-refractivity contribution in [2.24, 2.45) is 0 Å². The van der Waals surface area contributed by atoms with Crippen LogP contribution in [0.5, 0.6) is 0 Å². The molecule has 0 unspecified atom stereocenters. The van der Waals surface area contributed by atoms with Crippen molar-refractivity contribution in [3.63, 3.8) is 0 Å². The van der Waals surface area contributed by atoms with Crippen molar-refractivity contribution in [3.8, 4) is 21.8 Å². The van der Waals surface area contributed by atoms with Gasteiger partial charge in [-0.3, -0.25) is 4.90 Å². The van der Waals surface area contributed by atoms with Crippen molar-refractivity contribution >= 4 is 34.7 Å². The van der Waals surface area contributed by atoms with Crippen molar-refractivity contribution in [2.75, 3.05) is 11.4 Å². The van der Waals surface area contributed by atoms with Gasteiger partial charge in [-0.2, -0.15) is 0 Å². The number of aromatic nitrogens is 3. The third-order valence-corrected chi connectivity index (χ3v) is 5.87. The van der Waals surface area contributed by atoms with Gasteiger partial charge in [0.2, 0.25) is 5.28 Å². The number of benzene rings is 1. The molecule has 9 heteroatoms. The minimum atomic E-state index is -1.16. The summed E-state index contributed by atoms with van der Waals surface area (Å²) in [6.07, 6.45) is 1.82. The average Bonchev–Trinajstić information content (AvgIpc) is 3.12. The molecule has 0 saturated heterocycles. The van der Waals surface area contributed by atoms with E-state index < -0.39 is 11.9 Å². The minimum absolute atomic E-state index is 0.0685. The van der Waals surface area contributed by atoms with Crippen LogP contribution in [0, 0.1) is 5.82 Å². The number of amides is 1. The lowest BCUT2D eigenvalue weighted by Crippen LogP contribution is -2.29. The average molecular weight is 447 g/mol. The molecular weight excluding hydrogens is 427 g/mol. The first kappa shape index (κ1) is 21.9. The summed E-state index contributed by atoms with van der Waals surface area (Å²) in [6, 6.07) is 5.80. The topological polar surface area (TPSA) is 79.2 Å². The van der Waals surface area contributed by atoms with Crippen molar-refractivity contribution < 1.29 is 14.3 Å². The van der Waals surface area contributed by atoms with Gasteiger partial charge in [-0.15, -0.1) is 17.9 Å². The highest BCUT2D eigenvalue weighted by Crippen LogP contribution is 2.41. The number of hydrogen-bond acceptors (Lipinski definition) is 5. The van der Waals surface area contributed by atoms with Gasteiger partial charge in [-0.05, 0) is 35.9 Å². The molecule has 30 heavy (non-hydrogen) atoms. The highest BCUT2D eigenvalue weighted by molar-refractivity contribution is 7.15. The van der Waals surface area contributed by atoms with Crippen LogP contribution >= 0.6 is 22.9 Å². The number of rotatable bonds is 5. The molecule has 0 aliphatic rings. The van der Waals surface area contributed by atoms with Crippen LogP contribution in [0.3, 0.4) is 0 Å². The summed E-state index contributed by atoms with van der Waals surface area (Å²) < 4.78 is 14.9. The van der Waals surface area contributed by atoms with Gasteiger partial charge in [0.05, 0.1) is 21.3 Å². The van der Waals surface area contributed by atoms with Crippen LogP contribution in [0.25, 0.3) is 21.8 Å². The number of nitrogens with zero attached hydrogens (tertiary/aromatic N) is 4. The first-order valence-corrected chi connectivity index (χ1v) is 10.2. The zero-order valence-electron chi connectivity index (χ0n) is 16.7. The van der Waals surface area contributed by atoms with E-state index in [0.29, 0.717) is 22.0 Å². The summed E-state index contributed by atoms with van der Waals surface area (Å²) in [4.78, 5) is 26.2. The van der Waals surface area contributed by atoms with Gasteiger partial charge in [-0.1, -0.05) is 26.8 Å². The van der Waals surface area contributed by atoms with Crippen LogP contribution in [0.4, 0.5) is 14.9 Å². The fourth-order valence-corrected chi connectivity index (χ4v) is 4.00. The fourth-order valence-electron chi connectivity index (χ4n) is 2.74. The molecule has 3 aromatic rings. The number of carboxylic acid groups (broad SMARTS) is 1. The fraction of sp³-hybridized carbons (Fsp3) is 0.238. The van der Waals surface area contributed by atoms with E-state index in [1.165, 1.54) is 41.8 Å². The quantitative estimate of drug-likeness (QED) is 0.382. The molecule has 0 aliphatic carbocycles. The van der Waals surface area contributed by atoms with Crippen molar-refractivity contribution in [2.45, 2.75) is 26.2 Å². The lowest BCUT2D eigenvalue weighted by molar-refractivity contribution is 0.202. The summed E-state index contributed by atoms with van der Waals surface area (Å²) in [5.74, 6) is -0.519. The number of thiazole rings is 1. The van der Waals surface area contributed by atoms with Crippen LogP contribution in [0.2, 0.25) is 5.28 Å². The SMILES string of the molecule is C=CCN(C(=O)O)c1ccc(F)c(-c2nc(C(C)(C)C)sc2-c2ccnc(Cl)n2)c1. The third kappa shape index (κ3) is 4.49. The van der Waals surface area contributed by atoms with Gasteiger partial charge in [0.25, 0.3) is 0 Å². The van der Waals surface area contributed by atoms with E-state index in [0.717, 1.165) is 9.91 Å². The third-order valence-electron chi connectivity index (χ3n) is 4.19. The summed E-state index contributed by atoms with van der Waals surface area (Å²) in [5.41, 5.74) is 1.11. The molecule has 1 N–H and O–H groups in total. The van der Waals surface area contributed by atoms with Crippen LogP contribution in [-0.2, 0) is 5.41 Å². The van der Waals surface area contributed by atoms with E-state index in [2.05, 4.69) is 16.5 Å². The number of halogens is 2. The van der Waals surface area contributed by atoms with Crippen LogP contribution in [0.1, 0.15) is 25.8 Å². The van der Waals surface area contributed by atoms with E-state index in [-0.39, 0.29) is 22.8 Å². The Morgan fingerprint density at radius 3 is 2.67 bits per heavy atom. The van der Waals surface area contributed by atoms with Gasteiger partial charge in [0.1, 0.15) is 5.82 Å². The summed E-state index contributed by atoms with van der Waals surface area (Å²) in [5, 5.41) is 10.4. The first-order valence-electron chi connectivity index (χ1n) is 9.03. The van der Waals surface area contributed by atoms with Gasteiger partial charge < -0.3 is 5.11 Å². The summed E-state index contributed by atoms with van der Waals surface area (Å²) >= 11 is 7.35. The lowest BCUT2D eigenvalue weighted by Gasteiger charge is -2.18. The zero-order chi connectivity index (χ0) is 22.1. The Bertz CT molecular complexity index is 1110. The standard InChI is InChI=1S/C21H20ClFN4O2S/c1-5-10-27(20(28)29)12-6-7-14(23)13(11-12)16-17(15-8-9-24-19(22)25-15)30-18(26-16)21(2,3)4/h5-9,11H,1,10H2,2-4H3,(H,28,29). The van der Waals surface area contributed by atoms with Crippen molar-refractivity contribution in [3.05, 3.63) is 59.2 Å². The molecule has 0 atom stereocenters. The highest BCUT2D eigenvalue weighted by Gasteiger charge is 2.26. The summed E-state index contributed by atoms with van der Waals surface area (Å²) in [7, 11) is 0. The number of anilines is 1. The molecule has 0 spiro atoms. The van der Waals surface area contributed by atoms with Gasteiger partial charge >= 0.3 is 6.09 Å². The Labute approximate surface area is 182 Å². The molecule has 156 valence electrons. The number of carbonyl (C=O) groups is 1. The minimum Gasteiger partial charge on any atom is -0.465 e. The molecule has 2 heterocycles. The van der Waals surface area contributed by atoms with Gasteiger partial charge in [0.15, 0.2) is 0 Å². The molecule has 2 aromatic heterocycles. The van der Waals surface area contributed by atoms with Crippen molar-refractivity contribution in [1.82, 2.24) is 15.0 Å². The molecular formula is C21H20ClFN4O2S. The normalized spacial score (nSPS) is 11.4. The second-order valence-electron chi connectivity index (χ2n) is 7.50. The Balaban J connectivity index is 2.24. The maximum Gasteiger partial charge on any atom is 0.412 e. The lowest BCUT2D eigenvalue weighted by atomic mass is 9.98. The van der Waals surface area contributed by atoms with E-state index in [9.17, 15) is 14.3 Å². The molecule has 0 aliphatic heterocycles. The second kappa shape index (κ2) is 8.49. The Hall–Kier alpha value is -2.84. The van der Waals surface area contributed by atoms with Crippen molar-refractivity contribution in [1.29, 1.82) is 0 Å². The van der Waals surface area contributed by atoms with Crippen LogP contribution < -0.4 is 4.90 Å². The first-order chi connectivity index (χ1) is 14.1. The monoisotopic (exact) mass is 446 g/mol. The molecule has 0 saturated carbocycles. The molecule has 1 aromatic carbocycles. The number of hydrogen-bond donors (Lipinski definition) is 1. The summed E-state index contributed by atoms with van der Waals surface area (Å²) in [6.45, 7) is 9.68. The van der Waals surface area contributed by atoms with E-state index in [1.807, 2.05) is 20.8 Å². The Kier molecular flexibility index (Phi) is 6.19. The smallest absolute Gasteiger partial charge is 0.412 e. The van der Waals surface area contributed by atoms with Gasteiger partial charge in [-0.25, -0.2) is 24.1 Å².